The molecular formula is C52H38. The van der Waals surface area contributed by atoms with Crippen LogP contribution in [0.2, 0.25) is 0 Å². The van der Waals surface area contributed by atoms with Crippen LogP contribution >= 0.6 is 0 Å². The van der Waals surface area contributed by atoms with Gasteiger partial charge in [0.05, 0.1) is 0 Å². The van der Waals surface area contributed by atoms with Crippen LogP contribution in [0.15, 0.2) is 158 Å². The van der Waals surface area contributed by atoms with Gasteiger partial charge in [-0.15, -0.1) is 0 Å². The number of benzene rings is 9. The standard InChI is InChI=1S/C52H38/c1-51(2)44-24-14-13-23-41(44)50-36-18-8-7-17-34(36)43(30-47(50)51)49-39-21-11-9-19-37(39)48(38-20-10-12-22-40(38)49)33-25-26-35-42-27-31-15-5-6-16-32(31)28-46(42)52(3,4)45(35)29-33/h5-30H,1-4H3. The highest BCUT2D eigenvalue weighted by Gasteiger charge is 2.38. The summed E-state index contributed by atoms with van der Waals surface area (Å²) in [4.78, 5) is 0. The molecule has 0 radical (unpaired) electrons. The molecule has 11 rings (SSSR count). The van der Waals surface area contributed by atoms with E-state index in [9.17, 15) is 0 Å². The van der Waals surface area contributed by atoms with Crippen molar-refractivity contribution in [2.24, 2.45) is 0 Å². The fourth-order valence-electron chi connectivity index (χ4n) is 10.1. The van der Waals surface area contributed by atoms with Gasteiger partial charge in [-0.2, -0.15) is 0 Å². The summed E-state index contributed by atoms with van der Waals surface area (Å²) in [5.74, 6) is 0. The van der Waals surface area contributed by atoms with Gasteiger partial charge in [0.15, 0.2) is 0 Å². The van der Waals surface area contributed by atoms with E-state index < -0.39 is 0 Å². The monoisotopic (exact) mass is 662 g/mol. The molecule has 0 heterocycles. The first-order valence-corrected chi connectivity index (χ1v) is 18.6. The lowest BCUT2D eigenvalue weighted by Gasteiger charge is -2.25. The Morgan fingerprint density at radius 2 is 0.788 bits per heavy atom. The third-order valence-electron chi connectivity index (χ3n) is 12.6. The van der Waals surface area contributed by atoms with Gasteiger partial charge >= 0.3 is 0 Å². The summed E-state index contributed by atoms with van der Waals surface area (Å²) in [6.07, 6.45) is 0. The summed E-state index contributed by atoms with van der Waals surface area (Å²) >= 11 is 0. The van der Waals surface area contributed by atoms with Crippen molar-refractivity contribution < 1.29 is 0 Å². The average Bonchev–Trinajstić information content (AvgIpc) is 3.54. The molecule has 2 aliphatic carbocycles. The highest BCUT2D eigenvalue weighted by Crippen LogP contribution is 2.56. The summed E-state index contributed by atoms with van der Waals surface area (Å²) in [7, 11) is 0. The van der Waals surface area contributed by atoms with Crippen molar-refractivity contribution in [2.75, 3.05) is 0 Å². The van der Waals surface area contributed by atoms with Crippen molar-refractivity contribution in [3.05, 3.63) is 180 Å². The summed E-state index contributed by atoms with van der Waals surface area (Å²) in [5.41, 5.74) is 16.1. The summed E-state index contributed by atoms with van der Waals surface area (Å²) in [5, 5.41) is 10.4. The topological polar surface area (TPSA) is 0 Å². The van der Waals surface area contributed by atoms with Gasteiger partial charge in [0, 0.05) is 10.8 Å². The van der Waals surface area contributed by atoms with E-state index in [1.165, 1.54) is 110 Å². The van der Waals surface area contributed by atoms with Crippen LogP contribution in [-0.2, 0) is 10.8 Å². The molecule has 0 aliphatic heterocycles. The molecule has 0 N–H and O–H groups in total. The zero-order valence-corrected chi connectivity index (χ0v) is 30.0. The molecule has 0 heteroatoms. The zero-order valence-electron chi connectivity index (χ0n) is 30.0. The third-order valence-corrected chi connectivity index (χ3v) is 12.6. The molecule has 52 heavy (non-hydrogen) atoms. The number of fused-ring (bicyclic) bond motifs is 11. The Morgan fingerprint density at radius 1 is 0.288 bits per heavy atom. The van der Waals surface area contributed by atoms with Gasteiger partial charge in [0.1, 0.15) is 0 Å². The Kier molecular flexibility index (Phi) is 5.89. The predicted octanol–water partition coefficient (Wildman–Crippen LogP) is 14.2. The van der Waals surface area contributed by atoms with E-state index in [0.717, 1.165) is 0 Å². The van der Waals surface area contributed by atoms with Crippen molar-refractivity contribution >= 4 is 43.1 Å². The zero-order chi connectivity index (χ0) is 34.9. The van der Waals surface area contributed by atoms with Crippen LogP contribution in [0.5, 0.6) is 0 Å². The first-order chi connectivity index (χ1) is 25.3. The number of hydrogen-bond donors (Lipinski definition) is 0. The van der Waals surface area contributed by atoms with Gasteiger partial charge in [0.25, 0.3) is 0 Å². The van der Waals surface area contributed by atoms with Crippen molar-refractivity contribution in [3.63, 3.8) is 0 Å². The minimum atomic E-state index is -0.107. The minimum Gasteiger partial charge on any atom is -0.0619 e. The second kappa shape index (κ2) is 10.3. The van der Waals surface area contributed by atoms with E-state index >= 15 is 0 Å². The maximum atomic E-state index is 2.53. The Hall–Kier alpha value is -5.98. The first-order valence-electron chi connectivity index (χ1n) is 18.6. The molecule has 0 spiro atoms. The molecule has 0 unspecified atom stereocenters. The number of hydrogen-bond acceptors (Lipinski definition) is 0. The molecular weight excluding hydrogens is 625 g/mol. The Morgan fingerprint density at radius 3 is 1.46 bits per heavy atom. The van der Waals surface area contributed by atoms with Crippen molar-refractivity contribution in [2.45, 2.75) is 38.5 Å². The van der Waals surface area contributed by atoms with Gasteiger partial charge in [-0.3, -0.25) is 0 Å². The molecule has 0 fully saturated rings. The Bertz CT molecular complexity index is 2950. The van der Waals surface area contributed by atoms with E-state index in [1.54, 1.807) is 0 Å². The lowest BCUT2D eigenvalue weighted by molar-refractivity contribution is 0.661. The quantitative estimate of drug-likeness (QED) is 0.162. The van der Waals surface area contributed by atoms with Gasteiger partial charge in [-0.05, 0) is 134 Å². The largest absolute Gasteiger partial charge is 0.0619 e. The Balaban J connectivity index is 1.20. The Labute approximate surface area is 305 Å². The average molecular weight is 663 g/mol. The van der Waals surface area contributed by atoms with E-state index in [4.69, 9.17) is 0 Å². The van der Waals surface area contributed by atoms with Crippen LogP contribution in [0.25, 0.3) is 87.6 Å². The normalized spacial score (nSPS) is 14.8. The van der Waals surface area contributed by atoms with Crippen LogP contribution < -0.4 is 0 Å². The van der Waals surface area contributed by atoms with Crippen LogP contribution in [0.1, 0.15) is 49.9 Å². The highest BCUT2D eigenvalue weighted by atomic mass is 14.4. The van der Waals surface area contributed by atoms with Crippen molar-refractivity contribution in [3.8, 4) is 44.5 Å². The van der Waals surface area contributed by atoms with Crippen LogP contribution in [0, 0.1) is 0 Å². The molecule has 0 saturated carbocycles. The molecule has 0 aromatic heterocycles. The number of rotatable bonds is 2. The van der Waals surface area contributed by atoms with Gasteiger partial charge in [-0.25, -0.2) is 0 Å². The van der Waals surface area contributed by atoms with E-state index in [1.807, 2.05) is 0 Å². The van der Waals surface area contributed by atoms with E-state index in [2.05, 4.69) is 185 Å². The van der Waals surface area contributed by atoms with Gasteiger partial charge in [0.2, 0.25) is 0 Å². The molecule has 0 bridgehead atoms. The summed E-state index contributed by atoms with van der Waals surface area (Å²) in [6, 6.07) is 59.7. The maximum Gasteiger partial charge on any atom is 0.0159 e. The minimum absolute atomic E-state index is 0.100. The summed E-state index contributed by atoms with van der Waals surface area (Å²) in [6.45, 7) is 9.58. The second-order valence-corrected chi connectivity index (χ2v) is 16.0. The van der Waals surface area contributed by atoms with Crippen molar-refractivity contribution in [1.82, 2.24) is 0 Å². The van der Waals surface area contributed by atoms with Gasteiger partial charge < -0.3 is 0 Å². The molecule has 0 amide bonds. The first kappa shape index (κ1) is 29.7. The predicted molar refractivity (Wildman–Crippen MR) is 222 cm³/mol. The second-order valence-electron chi connectivity index (χ2n) is 16.0. The molecule has 0 saturated heterocycles. The third kappa shape index (κ3) is 3.82. The molecule has 2 aliphatic rings. The van der Waals surface area contributed by atoms with Crippen LogP contribution in [0.3, 0.4) is 0 Å². The SMILES string of the molecule is CC1(C)c2cc(-c3c4ccccc4c(-c4cc5c(c6ccccc46)-c4ccccc4C5(C)C)c4ccccc34)ccc2-c2cc3ccccc3cc21. The van der Waals surface area contributed by atoms with E-state index in [0.29, 0.717) is 0 Å². The molecule has 246 valence electrons. The van der Waals surface area contributed by atoms with Crippen molar-refractivity contribution in [1.29, 1.82) is 0 Å². The summed E-state index contributed by atoms with van der Waals surface area (Å²) < 4.78 is 0. The lowest BCUT2D eigenvalue weighted by Crippen LogP contribution is -2.15. The molecule has 9 aromatic rings. The maximum absolute atomic E-state index is 2.53. The fraction of sp³-hybridized carbons (Fsp3) is 0.115. The molecule has 0 nitrogen and oxygen atoms in total. The van der Waals surface area contributed by atoms with E-state index in [-0.39, 0.29) is 10.8 Å². The molecule has 9 aromatic carbocycles. The molecule has 0 atom stereocenters. The van der Waals surface area contributed by atoms with Crippen LogP contribution in [-0.4, -0.2) is 0 Å². The smallest absolute Gasteiger partial charge is 0.0159 e. The fourth-order valence-corrected chi connectivity index (χ4v) is 10.1. The van der Waals surface area contributed by atoms with Gasteiger partial charge in [-0.1, -0.05) is 161 Å². The van der Waals surface area contributed by atoms with Crippen LogP contribution in [0.4, 0.5) is 0 Å². The highest BCUT2D eigenvalue weighted by molar-refractivity contribution is 6.24. The lowest BCUT2D eigenvalue weighted by atomic mass is 9.78.